The highest BCUT2D eigenvalue weighted by atomic mass is 16.2. The first-order chi connectivity index (χ1) is 11.5. The van der Waals surface area contributed by atoms with Gasteiger partial charge >= 0.3 is 11.8 Å². The van der Waals surface area contributed by atoms with Gasteiger partial charge in [0, 0.05) is 38.8 Å². The number of amides is 2. The van der Waals surface area contributed by atoms with E-state index in [1.54, 1.807) is 0 Å². The number of carbonyl (C=O) groups is 2. The molecule has 1 aromatic rings. The molecule has 6 heteroatoms. The lowest BCUT2D eigenvalue weighted by Gasteiger charge is -2.32. The number of likely N-dealkylation sites (tertiary alicyclic amines) is 1. The number of hydrogen-bond acceptors (Lipinski definition) is 4. The molecule has 24 heavy (non-hydrogen) atoms. The van der Waals surface area contributed by atoms with E-state index in [9.17, 15) is 9.59 Å². The first-order valence-electron chi connectivity index (χ1n) is 8.54. The maximum absolute atomic E-state index is 11.9. The van der Waals surface area contributed by atoms with Gasteiger partial charge < -0.3 is 15.5 Å². The summed E-state index contributed by atoms with van der Waals surface area (Å²) in [5, 5.41) is 5.49. The topological polar surface area (TPSA) is 64.7 Å². The average Bonchev–Trinajstić information content (AvgIpc) is 2.57. The van der Waals surface area contributed by atoms with E-state index in [-0.39, 0.29) is 6.04 Å². The number of piperidine rings is 1. The van der Waals surface area contributed by atoms with Gasteiger partial charge in [0.25, 0.3) is 0 Å². The number of benzene rings is 1. The fourth-order valence-corrected chi connectivity index (χ4v) is 2.80. The van der Waals surface area contributed by atoms with Crippen molar-refractivity contribution >= 4 is 11.8 Å². The van der Waals surface area contributed by atoms with Crippen molar-refractivity contribution in [3.8, 4) is 0 Å². The summed E-state index contributed by atoms with van der Waals surface area (Å²) in [6, 6.07) is 10.5. The molecule has 0 atom stereocenters. The average molecular weight is 332 g/mol. The molecule has 6 nitrogen and oxygen atoms in total. The summed E-state index contributed by atoms with van der Waals surface area (Å²) in [6.45, 7) is 4.00. The van der Waals surface area contributed by atoms with Gasteiger partial charge in [-0.15, -0.1) is 0 Å². The van der Waals surface area contributed by atoms with Crippen LogP contribution in [0.4, 0.5) is 0 Å². The highest BCUT2D eigenvalue weighted by Gasteiger charge is 2.23. The molecule has 0 saturated carbocycles. The van der Waals surface area contributed by atoms with Crippen LogP contribution in [-0.2, 0) is 16.1 Å². The van der Waals surface area contributed by atoms with Gasteiger partial charge in [-0.05, 0) is 32.5 Å². The standard InChI is InChI=1S/C18H28N4O2/c1-21(2)13-10-19-17(23)18(24)20-16-8-11-22(12-9-16)14-15-6-4-3-5-7-15/h3-7,16H,8-14H2,1-2H3,(H,19,23)(H,20,24). The van der Waals surface area contributed by atoms with E-state index in [0.717, 1.165) is 39.0 Å². The summed E-state index contributed by atoms with van der Waals surface area (Å²) in [4.78, 5) is 28.0. The van der Waals surface area contributed by atoms with Crippen LogP contribution in [0.3, 0.4) is 0 Å². The Morgan fingerprint density at radius 1 is 1.12 bits per heavy atom. The third-order valence-corrected chi connectivity index (χ3v) is 4.22. The fraction of sp³-hybridized carbons (Fsp3) is 0.556. The molecule has 132 valence electrons. The van der Waals surface area contributed by atoms with E-state index < -0.39 is 11.8 Å². The molecular formula is C18H28N4O2. The molecule has 0 radical (unpaired) electrons. The zero-order chi connectivity index (χ0) is 17.4. The largest absolute Gasteiger partial charge is 0.347 e. The van der Waals surface area contributed by atoms with Gasteiger partial charge in [0.1, 0.15) is 0 Å². The molecule has 0 aliphatic carbocycles. The molecule has 0 aromatic heterocycles. The minimum absolute atomic E-state index is 0.0872. The molecule has 1 aliphatic rings. The second kappa shape index (κ2) is 9.39. The fourth-order valence-electron chi connectivity index (χ4n) is 2.80. The van der Waals surface area contributed by atoms with Crippen molar-refractivity contribution in [2.24, 2.45) is 0 Å². The van der Waals surface area contributed by atoms with E-state index in [2.05, 4.69) is 39.8 Å². The van der Waals surface area contributed by atoms with Crippen molar-refractivity contribution in [2.45, 2.75) is 25.4 Å². The predicted molar refractivity (Wildman–Crippen MR) is 94.4 cm³/mol. The maximum Gasteiger partial charge on any atom is 0.309 e. The van der Waals surface area contributed by atoms with Crippen molar-refractivity contribution in [3.63, 3.8) is 0 Å². The second-order valence-corrected chi connectivity index (χ2v) is 6.57. The SMILES string of the molecule is CN(C)CCNC(=O)C(=O)NC1CCN(Cc2ccccc2)CC1. The Morgan fingerprint density at radius 3 is 2.42 bits per heavy atom. The Labute approximate surface area is 144 Å². The highest BCUT2D eigenvalue weighted by molar-refractivity contribution is 6.35. The monoisotopic (exact) mass is 332 g/mol. The molecule has 2 N–H and O–H groups in total. The summed E-state index contributed by atoms with van der Waals surface area (Å²) in [7, 11) is 3.85. The van der Waals surface area contributed by atoms with Crippen LogP contribution >= 0.6 is 0 Å². The first kappa shape index (κ1) is 18.4. The van der Waals surface area contributed by atoms with E-state index in [4.69, 9.17) is 0 Å². The minimum Gasteiger partial charge on any atom is -0.347 e. The minimum atomic E-state index is -0.538. The van der Waals surface area contributed by atoms with Gasteiger partial charge in [-0.3, -0.25) is 14.5 Å². The van der Waals surface area contributed by atoms with Crippen LogP contribution in [0, 0.1) is 0 Å². The van der Waals surface area contributed by atoms with E-state index in [0.29, 0.717) is 6.54 Å². The predicted octanol–water partition coefficient (Wildman–Crippen LogP) is 0.445. The van der Waals surface area contributed by atoms with Crippen molar-refractivity contribution in [2.75, 3.05) is 40.3 Å². The van der Waals surface area contributed by atoms with Crippen LogP contribution in [-0.4, -0.2) is 67.9 Å². The number of likely N-dealkylation sites (N-methyl/N-ethyl adjacent to an activating group) is 1. The lowest BCUT2D eigenvalue weighted by molar-refractivity contribution is -0.139. The molecule has 1 heterocycles. The molecule has 1 saturated heterocycles. The Bertz CT molecular complexity index is 525. The van der Waals surface area contributed by atoms with Crippen LogP contribution in [0.15, 0.2) is 30.3 Å². The molecule has 0 unspecified atom stereocenters. The summed E-state index contributed by atoms with van der Waals surface area (Å²) < 4.78 is 0. The highest BCUT2D eigenvalue weighted by Crippen LogP contribution is 2.13. The van der Waals surface area contributed by atoms with Crippen molar-refractivity contribution < 1.29 is 9.59 Å². The van der Waals surface area contributed by atoms with E-state index in [1.807, 2.05) is 25.1 Å². The van der Waals surface area contributed by atoms with Crippen LogP contribution in [0.25, 0.3) is 0 Å². The Morgan fingerprint density at radius 2 is 1.79 bits per heavy atom. The summed E-state index contributed by atoms with van der Waals surface area (Å²) in [6.07, 6.45) is 1.76. The van der Waals surface area contributed by atoms with Gasteiger partial charge in [-0.2, -0.15) is 0 Å². The van der Waals surface area contributed by atoms with Gasteiger partial charge in [-0.1, -0.05) is 30.3 Å². The third kappa shape index (κ3) is 6.29. The Hall–Kier alpha value is -1.92. The molecular weight excluding hydrogens is 304 g/mol. The Kier molecular flexibility index (Phi) is 7.21. The number of rotatable bonds is 6. The second-order valence-electron chi connectivity index (χ2n) is 6.57. The molecule has 2 amide bonds. The lowest BCUT2D eigenvalue weighted by atomic mass is 10.0. The molecule has 0 bridgehead atoms. The normalized spacial score (nSPS) is 16.1. The van der Waals surface area contributed by atoms with Gasteiger partial charge in [0.15, 0.2) is 0 Å². The molecule has 2 rings (SSSR count). The van der Waals surface area contributed by atoms with Crippen LogP contribution in [0.5, 0.6) is 0 Å². The van der Waals surface area contributed by atoms with Crippen LogP contribution < -0.4 is 10.6 Å². The smallest absolute Gasteiger partial charge is 0.309 e. The molecule has 1 aliphatic heterocycles. The quantitative estimate of drug-likeness (QED) is 0.742. The number of nitrogens with zero attached hydrogens (tertiary/aromatic N) is 2. The lowest BCUT2D eigenvalue weighted by Crippen LogP contribution is -2.49. The van der Waals surface area contributed by atoms with Crippen molar-refractivity contribution in [1.29, 1.82) is 0 Å². The Balaban J connectivity index is 1.67. The summed E-state index contributed by atoms with van der Waals surface area (Å²) in [5.74, 6) is -1.06. The first-order valence-corrected chi connectivity index (χ1v) is 8.54. The zero-order valence-corrected chi connectivity index (χ0v) is 14.6. The third-order valence-electron chi connectivity index (χ3n) is 4.22. The number of nitrogens with one attached hydrogen (secondary N) is 2. The number of hydrogen-bond donors (Lipinski definition) is 2. The van der Waals surface area contributed by atoms with Gasteiger partial charge in [0.05, 0.1) is 0 Å². The van der Waals surface area contributed by atoms with Crippen LogP contribution in [0.2, 0.25) is 0 Å². The summed E-state index contributed by atoms with van der Waals surface area (Å²) >= 11 is 0. The molecule has 0 spiro atoms. The molecule has 1 fully saturated rings. The van der Waals surface area contributed by atoms with Crippen LogP contribution in [0.1, 0.15) is 18.4 Å². The maximum atomic E-state index is 11.9. The van der Waals surface area contributed by atoms with E-state index in [1.165, 1.54) is 5.56 Å². The number of carbonyl (C=O) groups excluding carboxylic acids is 2. The van der Waals surface area contributed by atoms with Crippen molar-refractivity contribution in [3.05, 3.63) is 35.9 Å². The van der Waals surface area contributed by atoms with Gasteiger partial charge in [0.2, 0.25) is 0 Å². The van der Waals surface area contributed by atoms with Crippen molar-refractivity contribution in [1.82, 2.24) is 20.4 Å². The van der Waals surface area contributed by atoms with E-state index >= 15 is 0 Å². The van der Waals surface area contributed by atoms with Gasteiger partial charge in [-0.25, -0.2) is 0 Å². The summed E-state index contributed by atoms with van der Waals surface area (Å²) in [5.41, 5.74) is 1.31. The molecule has 1 aromatic carbocycles. The zero-order valence-electron chi connectivity index (χ0n) is 14.6.